The van der Waals surface area contributed by atoms with E-state index in [2.05, 4.69) is 23.3 Å². The van der Waals surface area contributed by atoms with E-state index < -0.39 is 111 Å². The number of fused-ring (bicyclic) bond motifs is 4. The number of carbonyl (C=O) groups excluding carboxylic acids is 8. The quantitative estimate of drug-likeness (QED) is 0.0613. The van der Waals surface area contributed by atoms with E-state index in [9.17, 15) is 55.2 Å². The van der Waals surface area contributed by atoms with Gasteiger partial charge in [-0.2, -0.15) is 0 Å². The zero-order valence-electron chi connectivity index (χ0n) is 71.2. The predicted molar refractivity (Wildman–Crippen MR) is 450 cm³/mol. The minimum absolute atomic E-state index is 0.0150. The van der Waals surface area contributed by atoms with Crippen molar-refractivity contribution in [2.45, 2.75) is 284 Å². The number of amides is 4. The van der Waals surface area contributed by atoms with E-state index in [0.29, 0.717) is 97.1 Å². The van der Waals surface area contributed by atoms with Gasteiger partial charge in [0.2, 0.25) is 55.4 Å². The van der Waals surface area contributed by atoms with Crippen molar-refractivity contribution in [3.05, 3.63) is 107 Å². The molecule has 4 aliphatic heterocycles. The van der Waals surface area contributed by atoms with Crippen LogP contribution < -0.4 is 28.4 Å². The van der Waals surface area contributed by atoms with E-state index >= 15 is 0 Å². The monoisotopic (exact) mass is 1710 g/mol. The fraction of sp³-hybridized carbons (Fsp3) is 0.622. The molecular weight excluding hydrogens is 1590 g/mol. The number of rotatable bonds is 20. The smallest absolute Gasteiger partial charge is 0.307 e. The second-order valence-electron chi connectivity index (χ2n) is 37.8. The Balaban J connectivity index is 0.000000231. The van der Waals surface area contributed by atoms with Crippen LogP contribution in [0.2, 0.25) is 10.0 Å². The van der Waals surface area contributed by atoms with Crippen molar-refractivity contribution in [2.75, 3.05) is 13.1 Å². The molecule has 6 heterocycles. The molecule has 24 nitrogen and oxygen atoms in total. The standard InChI is InChI=1S/2C45H60ClN3O9S/c2*1-27(2)56-33-15-13-30(14-16-33)36-20-32(46)21-39(47-36)57-34-22-37-38(50)25-45(42(53)48-59(54,55)44(8)17-18-44)24-31(45)12-10-9-11-28(3)19-29(4)35(41(52)49(37)26-34)23-40(51)58-43(5,6)7/h2*10,12-16,20-21,27-29,31,34-35,37H,9,11,17-19,22-26H2,1-8H3,(H,48,53)/b2*12-10-/t28-,29+,31+,34+,35-,37-,45+;28-,29-,31-,34-,35+,37+,45-/m01/s1. The van der Waals surface area contributed by atoms with E-state index in [1.54, 1.807) is 79.7 Å². The fourth-order valence-electron chi connectivity index (χ4n) is 17.0. The summed E-state index contributed by atoms with van der Waals surface area (Å²) in [5.74, 6) is -4.39. The topological polar surface area (TPSA) is 317 Å². The number of pyridine rings is 2. The first-order chi connectivity index (χ1) is 55.2. The number of ether oxygens (including phenoxy) is 6. The average molecular weight is 1710 g/mol. The lowest BCUT2D eigenvalue weighted by Crippen LogP contribution is -2.48. The molecule has 2 aromatic carbocycles. The number of benzene rings is 2. The van der Waals surface area contributed by atoms with Gasteiger partial charge in [0, 0.05) is 59.0 Å². The van der Waals surface area contributed by atoms with Crippen LogP contribution >= 0.6 is 23.2 Å². The lowest BCUT2D eigenvalue weighted by atomic mass is 9.82. The third-order valence-corrected chi connectivity index (χ3v) is 29.1. The van der Waals surface area contributed by atoms with Gasteiger partial charge < -0.3 is 38.2 Å². The number of esters is 2. The molecule has 2 aromatic heterocycles. The number of halogens is 2. The summed E-state index contributed by atoms with van der Waals surface area (Å²) < 4.78 is 91.6. The Kier molecular flexibility index (Phi) is 27.7. The highest BCUT2D eigenvalue weighted by atomic mass is 35.5. The summed E-state index contributed by atoms with van der Waals surface area (Å²) in [6.07, 6.45) is 12.6. The molecule has 0 spiro atoms. The van der Waals surface area contributed by atoms with Gasteiger partial charge in [0.25, 0.3) is 0 Å². The molecule has 0 bridgehead atoms. The molecule has 4 saturated carbocycles. The summed E-state index contributed by atoms with van der Waals surface area (Å²) in [6, 6.07) is 19.5. The highest BCUT2D eigenvalue weighted by Gasteiger charge is 2.65. The lowest BCUT2D eigenvalue weighted by molar-refractivity contribution is -0.160. The third-order valence-electron chi connectivity index (χ3n) is 24.4. The van der Waals surface area contributed by atoms with Crippen LogP contribution in [0.15, 0.2) is 97.1 Å². The van der Waals surface area contributed by atoms with Crippen LogP contribution in [0.1, 0.15) is 226 Å². The van der Waals surface area contributed by atoms with Crippen molar-refractivity contribution in [1.29, 1.82) is 0 Å². The minimum atomic E-state index is -3.97. The van der Waals surface area contributed by atoms with Crippen molar-refractivity contribution >= 4 is 90.4 Å². The van der Waals surface area contributed by atoms with Gasteiger partial charge in [0.15, 0.2) is 11.6 Å². The molecule has 6 fully saturated rings. The molecule has 28 heteroatoms. The summed E-state index contributed by atoms with van der Waals surface area (Å²) in [5, 5.41) is 0.757. The molecule has 14 atom stereocenters. The number of sulfonamides is 2. The second kappa shape index (κ2) is 36.0. The molecule has 0 radical (unpaired) electrons. The Bertz CT molecular complexity index is 4410. The molecule has 118 heavy (non-hydrogen) atoms. The molecule has 4 amide bonds. The maximum absolute atomic E-state index is 14.9. The van der Waals surface area contributed by atoms with Crippen molar-refractivity contribution in [3.63, 3.8) is 0 Å². The Morgan fingerprint density at radius 1 is 0.534 bits per heavy atom. The first kappa shape index (κ1) is 90.8. The molecule has 644 valence electrons. The van der Waals surface area contributed by atoms with Gasteiger partial charge in [-0.3, -0.25) is 47.8 Å². The normalized spacial score (nSPS) is 29.0. The van der Waals surface area contributed by atoms with E-state index in [4.69, 9.17) is 61.6 Å². The molecule has 2 saturated heterocycles. The van der Waals surface area contributed by atoms with Crippen molar-refractivity contribution in [3.8, 4) is 45.8 Å². The average Bonchev–Trinajstić information content (AvgIpc) is 1.57. The number of ketones is 2. The van der Waals surface area contributed by atoms with Crippen molar-refractivity contribution < 1.29 is 83.6 Å². The van der Waals surface area contributed by atoms with Gasteiger partial charge >= 0.3 is 11.9 Å². The number of allylic oxidation sites excluding steroid dienone is 4. The van der Waals surface area contributed by atoms with Gasteiger partial charge in [-0.05, 0) is 256 Å². The Labute approximate surface area is 706 Å². The van der Waals surface area contributed by atoms with Gasteiger partial charge in [-0.1, -0.05) is 75.2 Å². The van der Waals surface area contributed by atoms with Crippen LogP contribution in [0.5, 0.6) is 23.3 Å². The number of Topliss-reactive ketones (excluding diaryl/α,β-unsaturated/α-hetero) is 2. The molecule has 12 rings (SSSR count). The van der Waals surface area contributed by atoms with E-state index in [1.165, 1.54) is 9.80 Å². The van der Waals surface area contributed by atoms with Crippen LogP contribution in [0, 0.1) is 58.2 Å². The lowest BCUT2D eigenvalue weighted by Gasteiger charge is -2.32. The van der Waals surface area contributed by atoms with Crippen LogP contribution in [0.25, 0.3) is 22.5 Å². The first-order valence-corrected chi connectivity index (χ1v) is 45.7. The molecule has 0 unspecified atom stereocenters. The van der Waals surface area contributed by atoms with Crippen LogP contribution in [-0.4, -0.2) is 154 Å². The SMILES string of the molecule is CC(C)Oc1ccc(-c2cc(Cl)cc(O[C@@H]3C[C@H]4C(=O)C[C@]5(C(=O)NS(=O)(=O)C6(C)CC6)C[C@H]5/C=C\CC[C@@H](C)C[C@@H](C)[C@H](CC(=O)OC(C)(C)C)C(=O)N4C3)n2)cc1.CC(C)Oc1ccc(-c2cc(Cl)cc(O[C@@H]3C[C@H]4C(=O)C[C@]5(C(=O)NS(=O)(=O)C6(C)CC6)C[C@H]5/C=C\CC[C@H](C)C[C@@H](C)[C@H](CC(=O)OC(C)(C)C)C(=O)N4C3)n2)cc1. The number of aromatic nitrogens is 2. The van der Waals surface area contributed by atoms with Crippen LogP contribution in [-0.2, 0) is 67.9 Å². The zero-order valence-corrected chi connectivity index (χ0v) is 74.3. The first-order valence-electron chi connectivity index (χ1n) is 42.0. The van der Waals surface area contributed by atoms with E-state index in [0.717, 1.165) is 24.0 Å². The molecule has 4 aliphatic carbocycles. The number of carbonyl (C=O) groups is 8. The number of nitrogens with one attached hydrogen (secondary N) is 2. The number of hydrogen-bond donors (Lipinski definition) is 2. The predicted octanol–water partition coefficient (Wildman–Crippen LogP) is 15.7. The van der Waals surface area contributed by atoms with Crippen LogP contribution in [0.4, 0.5) is 0 Å². The summed E-state index contributed by atoms with van der Waals surface area (Å²) >= 11 is 13.2. The highest BCUT2D eigenvalue weighted by Crippen LogP contribution is 2.59. The molecular formula is C90H120Cl2N6O18S2. The van der Waals surface area contributed by atoms with Crippen LogP contribution in [0.3, 0.4) is 0 Å². The number of nitrogens with zero attached hydrogens (tertiary/aromatic N) is 4. The Morgan fingerprint density at radius 3 is 1.20 bits per heavy atom. The van der Waals surface area contributed by atoms with Gasteiger partial charge in [-0.25, -0.2) is 26.8 Å². The number of hydrogen-bond acceptors (Lipinski definition) is 20. The minimum Gasteiger partial charge on any atom is -0.491 e. The molecule has 2 N–H and O–H groups in total. The summed E-state index contributed by atoms with van der Waals surface area (Å²) in [4.78, 5) is 126. The van der Waals surface area contributed by atoms with Gasteiger partial charge in [0.05, 0.1) is 93.8 Å². The Hall–Kier alpha value is -7.94. The van der Waals surface area contributed by atoms with Gasteiger partial charge in [0.1, 0.15) is 34.9 Å². The summed E-state index contributed by atoms with van der Waals surface area (Å²) in [7, 11) is -7.93. The highest BCUT2D eigenvalue weighted by molar-refractivity contribution is 7.92. The molecule has 8 aliphatic rings. The van der Waals surface area contributed by atoms with E-state index in [1.807, 2.05) is 114 Å². The zero-order chi connectivity index (χ0) is 86.2. The third kappa shape index (κ3) is 22.6. The van der Waals surface area contributed by atoms with Crippen molar-refractivity contribution in [2.24, 2.45) is 58.2 Å². The van der Waals surface area contributed by atoms with E-state index in [-0.39, 0.29) is 134 Å². The van der Waals surface area contributed by atoms with Crippen molar-refractivity contribution in [1.82, 2.24) is 29.2 Å². The Morgan fingerprint density at radius 2 is 0.881 bits per heavy atom. The summed E-state index contributed by atoms with van der Waals surface area (Å²) in [6.45, 7) is 29.9. The van der Waals surface area contributed by atoms with Gasteiger partial charge in [-0.15, -0.1) is 0 Å². The maximum Gasteiger partial charge on any atom is 0.307 e. The second-order valence-corrected chi connectivity index (χ2v) is 43.1. The fourth-order valence-corrected chi connectivity index (χ4v) is 20.0. The maximum atomic E-state index is 14.9. The summed E-state index contributed by atoms with van der Waals surface area (Å²) in [5.41, 5.74) is -1.43. The molecule has 4 aromatic rings. The largest absolute Gasteiger partial charge is 0.491 e.